The first-order chi connectivity index (χ1) is 8.29. The van der Waals surface area contributed by atoms with Crippen LogP contribution in [0.4, 0.5) is 0 Å². The summed E-state index contributed by atoms with van der Waals surface area (Å²) in [7, 11) is 0. The second-order valence-electron chi connectivity index (χ2n) is 5.33. The van der Waals surface area contributed by atoms with Crippen molar-refractivity contribution >= 4 is 23.2 Å². The van der Waals surface area contributed by atoms with E-state index in [9.17, 15) is 4.79 Å². The maximum absolute atomic E-state index is 12.0. The Kier molecular flexibility index (Phi) is 4.84. The van der Waals surface area contributed by atoms with E-state index in [1.165, 1.54) is 0 Å². The molecule has 0 spiro atoms. The van der Waals surface area contributed by atoms with Gasteiger partial charge in [0, 0.05) is 5.54 Å². The molecule has 0 radical (unpaired) electrons. The minimum Gasteiger partial charge on any atom is -0.358 e. The summed E-state index contributed by atoms with van der Waals surface area (Å²) in [5.74, 6) is -0.311. The molecule has 1 aromatic carbocycles. The highest BCUT2D eigenvalue weighted by atomic mass is 32.1. The Hall–Kier alpha value is -1.42. The summed E-state index contributed by atoms with van der Waals surface area (Å²) in [6, 6.07) is 9.64. The van der Waals surface area contributed by atoms with Gasteiger partial charge in [-0.2, -0.15) is 0 Å². The predicted molar refractivity (Wildman–Crippen MR) is 78.5 cm³/mol. The molecule has 0 aliphatic rings. The Morgan fingerprint density at radius 3 is 2.28 bits per heavy atom. The van der Waals surface area contributed by atoms with Gasteiger partial charge < -0.3 is 10.6 Å². The summed E-state index contributed by atoms with van der Waals surface area (Å²) in [5.41, 5.74) is 0.828. The van der Waals surface area contributed by atoms with E-state index >= 15 is 0 Å². The first-order valence-electron chi connectivity index (χ1n) is 5.97. The van der Waals surface area contributed by atoms with Crippen LogP contribution < -0.4 is 10.6 Å². The number of hydrogen-bond acceptors (Lipinski definition) is 2. The molecular weight excluding hydrogens is 244 g/mol. The lowest BCUT2D eigenvalue weighted by Gasteiger charge is -2.23. The zero-order valence-corrected chi connectivity index (χ0v) is 12.1. The van der Waals surface area contributed by atoms with Crippen LogP contribution in [-0.4, -0.2) is 16.6 Å². The fourth-order valence-electron chi connectivity index (χ4n) is 1.49. The largest absolute Gasteiger partial charge is 0.358 e. The summed E-state index contributed by atoms with van der Waals surface area (Å²) in [6.07, 6.45) is 0. The average molecular weight is 264 g/mol. The topological polar surface area (TPSA) is 41.1 Å². The highest BCUT2D eigenvalue weighted by molar-refractivity contribution is 7.80. The van der Waals surface area contributed by atoms with Crippen LogP contribution in [0.3, 0.4) is 0 Å². The number of rotatable bonds is 2. The molecule has 3 nitrogen and oxygen atoms in total. The molecule has 0 saturated heterocycles. The van der Waals surface area contributed by atoms with Crippen molar-refractivity contribution in [3.63, 3.8) is 0 Å². The molecule has 1 atom stereocenters. The molecule has 98 valence electrons. The molecule has 0 saturated carbocycles. The van der Waals surface area contributed by atoms with Crippen molar-refractivity contribution < 1.29 is 4.79 Å². The number of amides is 1. The molecule has 18 heavy (non-hydrogen) atoms. The van der Waals surface area contributed by atoms with Gasteiger partial charge in [0.1, 0.15) is 0 Å². The quantitative estimate of drug-likeness (QED) is 0.807. The molecule has 0 bridgehead atoms. The van der Waals surface area contributed by atoms with Gasteiger partial charge in [-0.1, -0.05) is 30.3 Å². The number of carbonyl (C=O) groups is 1. The van der Waals surface area contributed by atoms with Gasteiger partial charge in [0.25, 0.3) is 0 Å². The molecule has 0 heterocycles. The first kappa shape index (κ1) is 14.6. The third kappa shape index (κ3) is 4.84. The SMILES string of the molecule is CC(C(=O)NC(=S)NC(C)(C)C)c1ccccc1. The molecule has 1 rings (SSSR count). The summed E-state index contributed by atoms with van der Waals surface area (Å²) < 4.78 is 0. The Morgan fingerprint density at radius 2 is 1.78 bits per heavy atom. The van der Waals surface area contributed by atoms with Gasteiger partial charge in [0.15, 0.2) is 5.11 Å². The van der Waals surface area contributed by atoms with Crippen molar-refractivity contribution in [1.82, 2.24) is 10.6 Å². The van der Waals surface area contributed by atoms with E-state index < -0.39 is 0 Å². The van der Waals surface area contributed by atoms with Crippen molar-refractivity contribution in [2.24, 2.45) is 0 Å². The van der Waals surface area contributed by atoms with Crippen molar-refractivity contribution in [2.45, 2.75) is 39.2 Å². The normalized spacial score (nSPS) is 12.7. The molecule has 0 aliphatic heterocycles. The smallest absolute Gasteiger partial charge is 0.233 e. The van der Waals surface area contributed by atoms with Gasteiger partial charge in [-0.25, -0.2) is 0 Å². The van der Waals surface area contributed by atoms with Crippen molar-refractivity contribution in [3.8, 4) is 0 Å². The fraction of sp³-hybridized carbons (Fsp3) is 0.429. The molecule has 4 heteroatoms. The van der Waals surface area contributed by atoms with E-state index in [-0.39, 0.29) is 17.4 Å². The Morgan fingerprint density at radius 1 is 1.22 bits per heavy atom. The molecular formula is C14H20N2OS. The van der Waals surface area contributed by atoms with Crippen LogP contribution in [0.2, 0.25) is 0 Å². The minimum absolute atomic E-state index is 0.0945. The zero-order valence-electron chi connectivity index (χ0n) is 11.3. The van der Waals surface area contributed by atoms with E-state index in [2.05, 4.69) is 10.6 Å². The number of nitrogens with one attached hydrogen (secondary N) is 2. The minimum atomic E-state index is -0.217. The average Bonchev–Trinajstić information content (AvgIpc) is 2.26. The molecule has 0 aliphatic carbocycles. The summed E-state index contributed by atoms with van der Waals surface area (Å²) in [6.45, 7) is 7.84. The van der Waals surface area contributed by atoms with Gasteiger partial charge in [-0.05, 0) is 45.5 Å². The highest BCUT2D eigenvalue weighted by Crippen LogP contribution is 2.14. The fourth-order valence-corrected chi connectivity index (χ4v) is 1.89. The van der Waals surface area contributed by atoms with Gasteiger partial charge in [0.05, 0.1) is 5.92 Å². The summed E-state index contributed by atoms with van der Waals surface area (Å²) in [4.78, 5) is 12.0. The number of thiocarbonyl (C=S) groups is 1. The molecule has 1 amide bonds. The third-order valence-corrected chi connectivity index (χ3v) is 2.62. The second-order valence-corrected chi connectivity index (χ2v) is 5.73. The van der Waals surface area contributed by atoms with E-state index in [0.29, 0.717) is 5.11 Å². The monoisotopic (exact) mass is 264 g/mol. The highest BCUT2D eigenvalue weighted by Gasteiger charge is 2.18. The third-order valence-electron chi connectivity index (χ3n) is 2.42. The standard InChI is InChI=1S/C14H20N2OS/c1-10(11-8-6-5-7-9-11)12(17)15-13(18)16-14(2,3)4/h5-10H,1-4H3,(H2,15,16,17,18). The van der Waals surface area contributed by atoms with Crippen molar-refractivity contribution in [2.75, 3.05) is 0 Å². The Bertz CT molecular complexity index is 423. The van der Waals surface area contributed by atoms with Crippen LogP contribution in [0.25, 0.3) is 0 Å². The first-order valence-corrected chi connectivity index (χ1v) is 6.38. The van der Waals surface area contributed by atoms with E-state index in [4.69, 9.17) is 12.2 Å². The van der Waals surface area contributed by atoms with Crippen LogP contribution in [0.1, 0.15) is 39.2 Å². The Balaban J connectivity index is 2.59. The number of benzene rings is 1. The van der Waals surface area contributed by atoms with E-state index in [1.54, 1.807) is 0 Å². The van der Waals surface area contributed by atoms with E-state index in [0.717, 1.165) is 5.56 Å². The van der Waals surface area contributed by atoms with Crippen LogP contribution in [-0.2, 0) is 4.79 Å². The van der Waals surface area contributed by atoms with Crippen LogP contribution in [0, 0.1) is 0 Å². The summed E-state index contributed by atoms with van der Waals surface area (Å²) in [5, 5.41) is 6.14. The maximum Gasteiger partial charge on any atom is 0.233 e. The maximum atomic E-state index is 12.0. The Labute approximate surface area is 114 Å². The molecule has 1 unspecified atom stereocenters. The van der Waals surface area contributed by atoms with Crippen LogP contribution in [0.15, 0.2) is 30.3 Å². The lowest BCUT2D eigenvalue weighted by atomic mass is 10.0. The second kappa shape index (κ2) is 5.96. The summed E-state index contributed by atoms with van der Waals surface area (Å²) >= 11 is 5.10. The van der Waals surface area contributed by atoms with Crippen LogP contribution >= 0.6 is 12.2 Å². The predicted octanol–water partition coefficient (Wildman–Crippen LogP) is 2.58. The molecule has 0 fully saturated rings. The number of carbonyl (C=O) groups excluding carboxylic acids is 1. The van der Waals surface area contributed by atoms with Gasteiger partial charge in [0.2, 0.25) is 5.91 Å². The van der Waals surface area contributed by atoms with Gasteiger partial charge in [-0.3, -0.25) is 4.79 Å². The number of hydrogen-bond donors (Lipinski definition) is 2. The van der Waals surface area contributed by atoms with Gasteiger partial charge >= 0.3 is 0 Å². The zero-order chi connectivity index (χ0) is 13.8. The van der Waals surface area contributed by atoms with Crippen LogP contribution in [0.5, 0.6) is 0 Å². The lowest BCUT2D eigenvalue weighted by Crippen LogP contribution is -2.48. The molecule has 2 N–H and O–H groups in total. The van der Waals surface area contributed by atoms with Crippen molar-refractivity contribution in [1.29, 1.82) is 0 Å². The molecule has 0 aromatic heterocycles. The van der Waals surface area contributed by atoms with E-state index in [1.807, 2.05) is 58.0 Å². The van der Waals surface area contributed by atoms with Gasteiger partial charge in [-0.15, -0.1) is 0 Å². The molecule has 1 aromatic rings. The van der Waals surface area contributed by atoms with Crippen molar-refractivity contribution in [3.05, 3.63) is 35.9 Å². The lowest BCUT2D eigenvalue weighted by molar-refractivity contribution is -0.120.